The van der Waals surface area contributed by atoms with Gasteiger partial charge in [-0.1, -0.05) is 35.9 Å². The third-order valence-corrected chi connectivity index (χ3v) is 5.87. The van der Waals surface area contributed by atoms with Crippen LogP contribution in [0.4, 0.5) is 5.69 Å². The van der Waals surface area contributed by atoms with Gasteiger partial charge in [0.05, 0.1) is 10.9 Å². The zero-order valence-corrected chi connectivity index (χ0v) is 16.2. The van der Waals surface area contributed by atoms with Gasteiger partial charge in [0.15, 0.2) is 11.0 Å². The van der Waals surface area contributed by atoms with E-state index in [0.717, 1.165) is 0 Å². The smallest absolute Gasteiger partial charge is 0.291 e. The van der Waals surface area contributed by atoms with Gasteiger partial charge in [0.1, 0.15) is 5.58 Å². The average Bonchev–Trinajstić information content (AvgIpc) is 3.09. The van der Waals surface area contributed by atoms with Crippen molar-refractivity contribution >= 4 is 40.1 Å². The van der Waals surface area contributed by atoms with Crippen LogP contribution in [0.15, 0.2) is 64.3 Å². The molecule has 29 heavy (non-hydrogen) atoms. The molecule has 3 heterocycles. The lowest BCUT2D eigenvalue weighted by Crippen LogP contribution is -2.52. The minimum absolute atomic E-state index is 0.0286. The molecular weight excluding hydrogens is 392 g/mol. The molecule has 144 valence electrons. The van der Waals surface area contributed by atoms with Gasteiger partial charge in [-0.2, -0.15) is 0 Å². The van der Waals surface area contributed by atoms with E-state index in [4.69, 9.17) is 16.0 Å². The van der Waals surface area contributed by atoms with Crippen LogP contribution in [0.1, 0.15) is 21.7 Å². The molecule has 0 N–H and O–H groups in total. The summed E-state index contributed by atoms with van der Waals surface area (Å²) < 4.78 is 5.86. The van der Waals surface area contributed by atoms with Crippen LogP contribution in [0.2, 0.25) is 5.02 Å². The summed E-state index contributed by atoms with van der Waals surface area (Å²) in [6.07, 6.45) is 1.53. The number of halogens is 1. The van der Waals surface area contributed by atoms with Crippen LogP contribution >= 0.6 is 11.6 Å². The fourth-order valence-corrected chi connectivity index (χ4v) is 4.62. The van der Waals surface area contributed by atoms with Gasteiger partial charge in [0, 0.05) is 29.9 Å². The summed E-state index contributed by atoms with van der Waals surface area (Å²) in [4.78, 5) is 43.4. The SMILES string of the molecule is C=CCN1C(=O)c2oc3ccc(Cl)cc3c(=O)c2C12C(=O)N(C)c1ccccc12. The summed E-state index contributed by atoms with van der Waals surface area (Å²) in [5.41, 5.74) is -0.562. The molecule has 5 rings (SSSR count). The van der Waals surface area contributed by atoms with E-state index >= 15 is 0 Å². The van der Waals surface area contributed by atoms with Gasteiger partial charge in [0.2, 0.25) is 5.76 Å². The molecule has 2 aliphatic heterocycles. The van der Waals surface area contributed by atoms with E-state index < -0.39 is 16.9 Å². The van der Waals surface area contributed by atoms with Crippen LogP contribution in [0.5, 0.6) is 0 Å². The van der Waals surface area contributed by atoms with Crippen LogP contribution in [-0.2, 0) is 10.3 Å². The Morgan fingerprint density at radius 1 is 1.17 bits per heavy atom. The number of carbonyl (C=O) groups is 2. The second-order valence-corrected chi connectivity index (χ2v) is 7.51. The Morgan fingerprint density at radius 3 is 2.69 bits per heavy atom. The lowest BCUT2D eigenvalue weighted by atomic mass is 9.84. The number of benzene rings is 2. The van der Waals surface area contributed by atoms with E-state index in [9.17, 15) is 14.4 Å². The number of anilines is 1. The fraction of sp³-hybridized carbons (Fsp3) is 0.136. The zero-order chi connectivity index (χ0) is 20.5. The van der Waals surface area contributed by atoms with Crippen molar-refractivity contribution in [1.29, 1.82) is 0 Å². The highest BCUT2D eigenvalue weighted by atomic mass is 35.5. The maximum Gasteiger partial charge on any atom is 0.291 e. The van der Waals surface area contributed by atoms with Crippen molar-refractivity contribution in [2.24, 2.45) is 0 Å². The highest BCUT2D eigenvalue weighted by Gasteiger charge is 2.64. The number of para-hydroxylation sites is 1. The van der Waals surface area contributed by atoms with Gasteiger partial charge >= 0.3 is 0 Å². The minimum Gasteiger partial charge on any atom is -0.450 e. The number of fused-ring (bicyclic) bond motifs is 5. The van der Waals surface area contributed by atoms with Crippen molar-refractivity contribution in [1.82, 2.24) is 4.90 Å². The third kappa shape index (κ3) is 1.99. The second kappa shape index (κ2) is 5.81. The molecule has 0 aliphatic carbocycles. The van der Waals surface area contributed by atoms with E-state index in [2.05, 4.69) is 6.58 Å². The Morgan fingerprint density at radius 2 is 1.93 bits per heavy atom. The van der Waals surface area contributed by atoms with Gasteiger partial charge in [-0.15, -0.1) is 6.58 Å². The maximum absolute atomic E-state index is 13.6. The first-order valence-electron chi connectivity index (χ1n) is 9.00. The van der Waals surface area contributed by atoms with Gasteiger partial charge in [-0.05, 0) is 24.3 Å². The van der Waals surface area contributed by atoms with Crippen molar-refractivity contribution in [2.45, 2.75) is 5.54 Å². The molecule has 2 amide bonds. The predicted molar refractivity (Wildman–Crippen MR) is 109 cm³/mol. The molecule has 1 spiro atoms. The highest BCUT2D eigenvalue weighted by Crippen LogP contribution is 2.51. The molecule has 0 saturated heterocycles. The molecule has 2 aliphatic rings. The molecule has 1 unspecified atom stereocenters. The molecule has 3 aromatic rings. The van der Waals surface area contributed by atoms with E-state index in [-0.39, 0.29) is 34.7 Å². The van der Waals surface area contributed by atoms with E-state index in [1.54, 1.807) is 43.4 Å². The van der Waals surface area contributed by atoms with Crippen molar-refractivity contribution in [3.63, 3.8) is 0 Å². The van der Waals surface area contributed by atoms with Gasteiger partial charge < -0.3 is 14.2 Å². The largest absolute Gasteiger partial charge is 0.450 e. The zero-order valence-electron chi connectivity index (χ0n) is 15.4. The van der Waals surface area contributed by atoms with Crippen LogP contribution in [0, 0.1) is 0 Å². The Balaban J connectivity index is 1.98. The summed E-state index contributed by atoms with van der Waals surface area (Å²) >= 11 is 6.09. The number of hydrogen-bond acceptors (Lipinski definition) is 4. The van der Waals surface area contributed by atoms with Crippen LogP contribution in [0.25, 0.3) is 11.0 Å². The lowest BCUT2D eigenvalue weighted by Gasteiger charge is -2.33. The van der Waals surface area contributed by atoms with Crippen LogP contribution in [-0.4, -0.2) is 30.3 Å². The number of carbonyl (C=O) groups excluding carboxylic acids is 2. The van der Waals surface area contributed by atoms with E-state index in [0.29, 0.717) is 16.3 Å². The van der Waals surface area contributed by atoms with Crippen LogP contribution < -0.4 is 10.3 Å². The monoisotopic (exact) mass is 406 g/mol. The quantitative estimate of drug-likeness (QED) is 0.612. The molecule has 7 heteroatoms. The first-order valence-corrected chi connectivity index (χ1v) is 9.38. The first-order chi connectivity index (χ1) is 13.9. The van der Waals surface area contributed by atoms with Crippen molar-refractivity contribution < 1.29 is 14.0 Å². The number of amides is 2. The van der Waals surface area contributed by atoms with Crippen molar-refractivity contribution in [3.05, 3.63) is 87.3 Å². The minimum atomic E-state index is -1.59. The Kier molecular flexibility index (Phi) is 3.55. The summed E-state index contributed by atoms with van der Waals surface area (Å²) in [5, 5.41) is 0.588. The summed E-state index contributed by atoms with van der Waals surface area (Å²) in [7, 11) is 1.63. The molecule has 6 nitrogen and oxygen atoms in total. The first kappa shape index (κ1) is 17.7. The molecule has 2 aromatic carbocycles. The summed E-state index contributed by atoms with van der Waals surface area (Å²) in [6, 6.07) is 11.8. The van der Waals surface area contributed by atoms with Crippen molar-refractivity contribution in [2.75, 3.05) is 18.5 Å². The third-order valence-electron chi connectivity index (χ3n) is 5.64. The Bertz CT molecular complexity index is 1310. The molecule has 0 saturated carbocycles. The topological polar surface area (TPSA) is 70.8 Å². The lowest BCUT2D eigenvalue weighted by molar-refractivity contribution is -0.125. The number of hydrogen-bond donors (Lipinski definition) is 0. The molecular formula is C22H15ClN2O4. The fourth-order valence-electron chi connectivity index (χ4n) is 4.45. The van der Waals surface area contributed by atoms with Crippen molar-refractivity contribution in [3.8, 4) is 0 Å². The molecule has 0 fully saturated rings. The molecule has 0 radical (unpaired) electrons. The number of rotatable bonds is 2. The standard InChI is InChI=1S/C22H15ClN2O4/c1-3-10-25-20(27)19-17(18(26)13-11-12(23)8-9-16(13)29-19)22(25)14-6-4-5-7-15(14)24(2)21(22)28/h3-9,11H,1,10H2,2H3. The van der Waals surface area contributed by atoms with Gasteiger partial charge in [-0.3, -0.25) is 14.4 Å². The molecule has 0 bridgehead atoms. The van der Waals surface area contributed by atoms with E-state index in [1.165, 1.54) is 21.9 Å². The highest BCUT2D eigenvalue weighted by molar-refractivity contribution is 6.31. The van der Waals surface area contributed by atoms with Crippen LogP contribution in [0.3, 0.4) is 0 Å². The van der Waals surface area contributed by atoms with E-state index in [1.807, 2.05) is 0 Å². The maximum atomic E-state index is 13.6. The predicted octanol–water partition coefficient (Wildman–Crippen LogP) is 3.31. The van der Waals surface area contributed by atoms with Gasteiger partial charge in [0.25, 0.3) is 11.8 Å². The number of nitrogens with zero attached hydrogens (tertiary/aromatic N) is 2. The summed E-state index contributed by atoms with van der Waals surface area (Å²) in [6.45, 7) is 3.80. The Labute approximate surface area is 170 Å². The molecule has 1 atom stereocenters. The summed E-state index contributed by atoms with van der Waals surface area (Å²) in [5.74, 6) is -1.03. The number of likely N-dealkylation sites (N-methyl/N-ethyl adjacent to an activating group) is 1. The normalized spacial score (nSPS) is 19.9. The Hall–Kier alpha value is -3.38. The average molecular weight is 407 g/mol. The second-order valence-electron chi connectivity index (χ2n) is 7.07. The molecule has 1 aromatic heterocycles. The van der Waals surface area contributed by atoms with Gasteiger partial charge in [-0.25, -0.2) is 0 Å².